The Morgan fingerprint density at radius 3 is 1.47 bits per heavy atom. The predicted molar refractivity (Wildman–Crippen MR) is 194 cm³/mol. The van der Waals surface area contributed by atoms with Crippen LogP contribution in [0, 0.1) is 27.7 Å². The molecule has 0 saturated carbocycles. The zero-order valence-electron chi connectivity index (χ0n) is 40.8. The Bertz CT molecular complexity index is 2410. The third kappa shape index (κ3) is 8.40. The van der Waals surface area contributed by atoms with Gasteiger partial charge in [0.15, 0.2) is 10.3 Å². The van der Waals surface area contributed by atoms with Gasteiger partial charge < -0.3 is 31.8 Å². The van der Waals surface area contributed by atoms with E-state index >= 15 is 0 Å². The van der Waals surface area contributed by atoms with Crippen LogP contribution in [0.25, 0.3) is 22.1 Å². The Morgan fingerprint density at radius 2 is 1.08 bits per heavy atom. The third-order valence-corrected chi connectivity index (χ3v) is 9.68. The van der Waals surface area contributed by atoms with Crippen LogP contribution in [0.4, 0.5) is 0 Å². The number of pyridine rings is 2. The molecule has 0 unspecified atom stereocenters. The molecule has 12 nitrogen and oxygen atoms in total. The van der Waals surface area contributed by atoms with Gasteiger partial charge in [0.05, 0.1) is 111 Å². The molecular formula is C34H40MgN6O6S2. The summed E-state index contributed by atoms with van der Waals surface area (Å²) >= 11 is 0. The van der Waals surface area contributed by atoms with Crippen molar-refractivity contribution in [3.8, 4) is 23.0 Å². The van der Waals surface area contributed by atoms with E-state index in [9.17, 15) is 8.42 Å². The number of fused-ring (bicyclic) bond motifs is 2. The fourth-order valence-electron chi connectivity index (χ4n) is 4.78. The van der Waals surface area contributed by atoms with E-state index in [1.54, 1.807) is 39.8 Å². The molecular weight excluding hydrogens is 677 g/mol. The van der Waals surface area contributed by atoms with E-state index in [1.807, 2.05) is 0 Å². The molecule has 0 saturated heterocycles. The maximum Gasteiger partial charge on any atom is 2.00 e. The van der Waals surface area contributed by atoms with E-state index in [2.05, 4.69) is 29.9 Å². The normalized spacial score (nSPS) is 16.7. The van der Waals surface area contributed by atoms with E-state index in [-0.39, 0.29) is 70.7 Å². The number of imidazole rings is 2. The number of aromatic amines is 2. The molecule has 4 heterocycles. The Hall–Kier alpha value is -4.05. The van der Waals surface area contributed by atoms with E-state index < -0.39 is 49.8 Å². The van der Waals surface area contributed by atoms with Gasteiger partial charge in [0, 0.05) is 46.8 Å². The van der Waals surface area contributed by atoms with Gasteiger partial charge in [-0.1, -0.05) is 0 Å². The molecule has 0 aliphatic carbocycles. The van der Waals surface area contributed by atoms with Gasteiger partial charge in [-0.25, -0.2) is 9.97 Å². The monoisotopic (exact) mass is 728 g/mol. The number of hydrogen-bond acceptors (Lipinski definition) is 10. The van der Waals surface area contributed by atoms with Gasteiger partial charge in [-0.3, -0.25) is 18.4 Å². The molecule has 2 atom stereocenters. The van der Waals surface area contributed by atoms with Crippen LogP contribution in [0.15, 0.2) is 59.1 Å². The summed E-state index contributed by atoms with van der Waals surface area (Å²) in [7, 11) is -13.6. The summed E-state index contributed by atoms with van der Waals surface area (Å²) in [5, 5.41) is 0.354. The van der Waals surface area contributed by atoms with Gasteiger partial charge in [-0.15, -0.1) is 0 Å². The number of methoxy groups -OCH3 is 4. The number of hydrogen-bond donors (Lipinski definition) is 2. The second-order valence-electron chi connectivity index (χ2n) is 10.5. The summed E-state index contributed by atoms with van der Waals surface area (Å²) in [6.07, 6.45) is 2.94. The minimum atomic E-state index is -2.61. The van der Waals surface area contributed by atoms with Gasteiger partial charge in [0.25, 0.3) is 0 Å². The fourth-order valence-corrected chi connectivity index (χ4v) is 6.98. The van der Waals surface area contributed by atoms with Crippen LogP contribution in [0.1, 0.15) is 52.9 Å². The molecule has 4 aromatic heterocycles. The smallest absolute Gasteiger partial charge is 1.00 e. The van der Waals surface area contributed by atoms with E-state index in [0.717, 1.165) is 0 Å². The molecule has 256 valence electrons. The first-order valence-corrected chi connectivity index (χ1v) is 16.7. The Balaban J connectivity index is 0.000000414. The van der Waals surface area contributed by atoms with Crippen LogP contribution < -0.4 is 18.9 Å². The number of benzene rings is 2. The molecule has 2 N–H and O–H groups in total. The predicted octanol–water partition coefficient (Wildman–Crippen LogP) is 5.64. The quantitative estimate of drug-likeness (QED) is 0.169. The summed E-state index contributed by atoms with van der Waals surface area (Å²) in [4.78, 5) is 22.9. The molecule has 0 fully saturated rings. The molecule has 2 aromatic carbocycles. The van der Waals surface area contributed by atoms with Crippen molar-refractivity contribution in [2.75, 3.05) is 28.2 Å². The van der Waals surface area contributed by atoms with Gasteiger partial charge in [0.2, 0.25) is 0 Å². The van der Waals surface area contributed by atoms with Gasteiger partial charge in [-0.05, 0) is 52.0 Å². The molecule has 0 spiro atoms. The maximum absolute atomic E-state index is 12.8. The molecule has 6 rings (SSSR count). The van der Waals surface area contributed by atoms with E-state index in [0.29, 0.717) is 55.7 Å². The summed E-state index contributed by atoms with van der Waals surface area (Å²) in [5.41, 5.74) is 4.88. The summed E-state index contributed by atoms with van der Waals surface area (Å²) < 4.78 is 132. The van der Waals surface area contributed by atoms with Crippen LogP contribution in [0.2, 0.25) is 0 Å². The number of nitrogens with zero attached hydrogens (tertiary/aromatic N) is 4. The van der Waals surface area contributed by atoms with Crippen molar-refractivity contribution in [1.82, 2.24) is 29.9 Å². The van der Waals surface area contributed by atoms with Gasteiger partial charge in [-0.2, -0.15) is 0 Å². The molecule has 49 heavy (non-hydrogen) atoms. The Kier molecular flexibility index (Phi) is 8.17. The van der Waals surface area contributed by atoms with Crippen LogP contribution >= 0.6 is 0 Å². The van der Waals surface area contributed by atoms with Crippen molar-refractivity contribution in [1.29, 1.82) is 0 Å². The standard InChI is InChI=1S/2C17H19N3O3S.Mg.2H/c2*1-10-8-18-15(11(2)16(10)23-4)9-24(21)17-19-13-6-5-12(22-3)7-14(13)20-17;;;/h2*5-8H,9H2,1-4H3,(H,19,20);;;/q;;+2;2*-1/t2*24-;;;/m00.../s1/i2*3D3,4D3;;;. The molecule has 15 heteroatoms. The topological polar surface area (TPSA) is 154 Å². The molecule has 0 bridgehead atoms. The molecule has 0 aliphatic rings. The zero-order valence-corrected chi connectivity index (χ0v) is 29.8. The van der Waals surface area contributed by atoms with Crippen LogP contribution in [0.5, 0.6) is 23.0 Å². The van der Waals surface area contributed by atoms with Crippen molar-refractivity contribution in [3.63, 3.8) is 0 Å². The number of ether oxygens (including phenoxy) is 4. The summed E-state index contributed by atoms with van der Waals surface area (Å²) in [5.74, 6) is 0.613. The first-order valence-electron chi connectivity index (χ1n) is 20.1. The summed E-state index contributed by atoms with van der Waals surface area (Å²) in [6, 6.07) is 8.98. The van der Waals surface area contributed by atoms with Crippen molar-refractivity contribution in [2.45, 2.75) is 49.5 Å². The minimum Gasteiger partial charge on any atom is -1.00 e. The minimum absolute atomic E-state index is 0. The number of aromatic nitrogens is 6. The van der Waals surface area contributed by atoms with Gasteiger partial charge in [0.1, 0.15) is 23.0 Å². The first kappa shape index (κ1) is 24.2. The van der Waals surface area contributed by atoms with Crippen molar-refractivity contribution in [2.24, 2.45) is 0 Å². The number of rotatable bonds is 10. The zero-order chi connectivity index (χ0) is 44.5. The second kappa shape index (κ2) is 16.6. The van der Waals surface area contributed by atoms with Crippen LogP contribution in [0.3, 0.4) is 0 Å². The van der Waals surface area contributed by atoms with Crippen LogP contribution in [-0.2, 0) is 33.1 Å². The number of aryl methyl sites for hydroxylation is 2. The van der Waals surface area contributed by atoms with E-state index in [4.69, 9.17) is 35.4 Å². The summed E-state index contributed by atoms with van der Waals surface area (Å²) in [6.45, 7) is 6.68. The Labute approximate surface area is 325 Å². The number of H-pyrrole nitrogens is 2. The molecule has 0 amide bonds. The second-order valence-corrected chi connectivity index (χ2v) is 13.2. The van der Waals surface area contributed by atoms with E-state index in [1.165, 1.54) is 36.7 Å². The Morgan fingerprint density at radius 1 is 0.673 bits per heavy atom. The van der Waals surface area contributed by atoms with Crippen molar-refractivity contribution >= 4 is 66.7 Å². The molecule has 6 aromatic rings. The number of nitrogens with one attached hydrogen (secondary N) is 2. The fraction of sp³-hybridized carbons (Fsp3) is 0.294. The average Bonchev–Trinajstić information content (AvgIpc) is 3.73. The van der Waals surface area contributed by atoms with Gasteiger partial charge >= 0.3 is 23.1 Å². The van der Waals surface area contributed by atoms with Crippen molar-refractivity contribution < 1.29 is 46.7 Å². The average molecular weight is 729 g/mol. The van der Waals surface area contributed by atoms with Crippen molar-refractivity contribution in [3.05, 3.63) is 82.4 Å². The first-order chi connectivity index (χ1) is 27.6. The largest absolute Gasteiger partial charge is 2.00 e. The molecule has 0 aliphatic heterocycles. The molecule has 0 radical (unpaired) electrons. The van der Waals surface area contributed by atoms with Crippen LogP contribution in [-0.4, -0.2) is 89.5 Å². The third-order valence-electron chi connectivity index (χ3n) is 7.36. The maximum atomic E-state index is 12.8. The SMILES string of the molecule is [2H]C([2H])([2H])Oc1ccc2nc([S@@](=O)Cc3ncc(C)c(OC([2H])([2H])[2H])c3C)[nH]c2c1.[2H]C([2H])([2H])Oc1ccc2nc([S@@](=O)Cc3ncc(C)c(OC([2H])([2H])[2H])c3C)[nH]c2c1.[H-].[H-].[Mg+2].